The maximum Gasteiger partial charge on any atom is 0.244 e. The molecule has 7 nitrogen and oxygen atoms in total. The lowest BCUT2D eigenvalue weighted by atomic mass is 10.1. The lowest BCUT2D eigenvalue weighted by Crippen LogP contribution is -2.52. The Labute approximate surface area is 208 Å². The molecule has 0 fully saturated rings. The number of sulfonamides is 1. The minimum Gasteiger partial charge on any atom is -0.354 e. The number of aryl methyl sites for hydroxylation is 1. The predicted octanol–water partition coefficient (Wildman–Crippen LogP) is 3.99. The van der Waals surface area contributed by atoms with Gasteiger partial charge in [0, 0.05) is 18.1 Å². The Morgan fingerprint density at radius 3 is 2.26 bits per heavy atom. The number of rotatable bonds is 11. The molecule has 34 heavy (non-hydrogen) atoms. The number of carbonyl (C=O) groups excluding carboxylic acids is 2. The second kappa shape index (κ2) is 12.2. The quantitative estimate of drug-likeness (QED) is 0.498. The monoisotopic (exact) mass is 507 g/mol. The molecule has 9 heteroatoms. The number of benzene rings is 2. The third-order valence-corrected chi connectivity index (χ3v) is 6.73. The van der Waals surface area contributed by atoms with E-state index in [1.54, 1.807) is 25.1 Å². The van der Waals surface area contributed by atoms with Crippen molar-refractivity contribution in [2.45, 2.75) is 46.7 Å². The number of amides is 2. The van der Waals surface area contributed by atoms with Gasteiger partial charge in [0.15, 0.2) is 0 Å². The van der Waals surface area contributed by atoms with E-state index in [0.29, 0.717) is 29.2 Å². The first-order chi connectivity index (χ1) is 15.9. The van der Waals surface area contributed by atoms with Crippen molar-refractivity contribution in [3.05, 3.63) is 64.7 Å². The lowest BCUT2D eigenvalue weighted by molar-refractivity contribution is -0.140. The molecule has 2 rings (SSSR count). The van der Waals surface area contributed by atoms with Gasteiger partial charge in [0.25, 0.3) is 0 Å². The van der Waals surface area contributed by atoms with Crippen LogP contribution in [-0.2, 0) is 26.2 Å². The number of nitrogens with zero attached hydrogens (tertiary/aromatic N) is 2. The average molecular weight is 508 g/mol. The largest absolute Gasteiger partial charge is 0.354 e. The molecule has 0 bridgehead atoms. The summed E-state index contributed by atoms with van der Waals surface area (Å²) >= 11 is 6.04. The van der Waals surface area contributed by atoms with Gasteiger partial charge in [-0.3, -0.25) is 13.9 Å². The number of hydrogen-bond donors (Lipinski definition) is 1. The van der Waals surface area contributed by atoms with Gasteiger partial charge < -0.3 is 10.2 Å². The maximum atomic E-state index is 13.6. The van der Waals surface area contributed by atoms with Gasteiger partial charge in [0.05, 0.1) is 11.9 Å². The second-order valence-electron chi connectivity index (χ2n) is 8.77. The molecular formula is C25H34ClN3O4S. The molecule has 1 atom stereocenters. The van der Waals surface area contributed by atoms with E-state index in [1.165, 1.54) is 4.90 Å². The van der Waals surface area contributed by atoms with Crippen LogP contribution in [0.15, 0.2) is 48.5 Å². The van der Waals surface area contributed by atoms with Crippen LogP contribution in [0.5, 0.6) is 0 Å². The fourth-order valence-corrected chi connectivity index (χ4v) is 4.75. The first-order valence-electron chi connectivity index (χ1n) is 11.3. The van der Waals surface area contributed by atoms with E-state index in [-0.39, 0.29) is 18.4 Å². The molecule has 0 radical (unpaired) electrons. The molecule has 0 aromatic heterocycles. The molecule has 186 valence electrons. The number of carbonyl (C=O) groups is 2. The standard InChI is InChI=1S/C25H34ClN3O4S/c1-6-22(25(31)27-15-18(2)3)28(16-20-10-8-7-9-11-20)24(30)17-29(34(5,32)33)23-13-12-21(26)14-19(23)4/h7-14,18,22H,6,15-17H2,1-5H3,(H,27,31)/t22-/m0/s1. The highest BCUT2D eigenvalue weighted by molar-refractivity contribution is 7.92. The molecule has 0 heterocycles. The lowest BCUT2D eigenvalue weighted by Gasteiger charge is -2.33. The van der Waals surface area contributed by atoms with Crippen molar-refractivity contribution >= 4 is 39.1 Å². The van der Waals surface area contributed by atoms with Gasteiger partial charge in [-0.05, 0) is 48.6 Å². The van der Waals surface area contributed by atoms with Crippen molar-refractivity contribution in [3.8, 4) is 0 Å². The topological polar surface area (TPSA) is 86.8 Å². The van der Waals surface area contributed by atoms with Crippen LogP contribution < -0.4 is 9.62 Å². The smallest absolute Gasteiger partial charge is 0.244 e. The molecule has 0 aliphatic rings. The molecule has 1 N–H and O–H groups in total. The molecule has 0 aliphatic carbocycles. The van der Waals surface area contributed by atoms with Gasteiger partial charge in [-0.15, -0.1) is 0 Å². The Morgan fingerprint density at radius 1 is 1.09 bits per heavy atom. The summed E-state index contributed by atoms with van der Waals surface area (Å²) < 4.78 is 26.4. The summed E-state index contributed by atoms with van der Waals surface area (Å²) in [6.45, 7) is 7.80. The summed E-state index contributed by atoms with van der Waals surface area (Å²) in [7, 11) is -3.79. The predicted molar refractivity (Wildman–Crippen MR) is 137 cm³/mol. The summed E-state index contributed by atoms with van der Waals surface area (Å²) in [6.07, 6.45) is 1.45. The van der Waals surface area contributed by atoms with Gasteiger partial charge in [-0.2, -0.15) is 0 Å². The van der Waals surface area contributed by atoms with Gasteiger partial charge >= 0.3 is 0 Å². The van der Waals surface area contributed by atoms with Gasteiger partial charge in [-0.1, -0.05) is 62.7 Å². The van der Waals surface area contributed by atoms with E-state index in [0.717, 1.165) is 16.1 Å². The summed E-state index contributed by atoms with van der Waals surface area (Å²) in [5.74, 6) is -0.461. The normalized spacial score (nSPS) is 12.3. The zero-order valence-electron chi connectivity index (χ0n) is 20.4. The van der Waals surface area contributed by atoms with Crippen molar-refractivity contribution < 1.29 is 18.0 Å². The zero-order valence-corrected chi connectivity index (χ0v) is 22.0. The number of nitrogens with one attached hydrogen (secondary N) is 1. The minimum absolute atomic E-state index is 0.185. The Hall–Kier alpha value is -2.58. The summed E-state index contributed by atoms with van der Waals surface area (Å²) in [6, 6.07) is 13.4. The fraction of sp³-hybridized carbons (Fsp3) is 0.440. The van der Waals surface area contributed by atoms with Crippen LogP contribution in [0.25, 0.3) is 0 Å². The van der Waals surface area contributed by atoms with E-state index in [1.807, 2.05) is 51.1 Å². The molecule has 0 saturated carbocycles. The summed E-state index contributed by atoms with van der Waals surface area (Å²) in [5.41, 5.74) is 1.85. The minimum atomic E-state index is -3.79. The fourth-order valence-electron chi connectivity index (χ4n) is 3.62. The summed E-state index contributed by atoms with van der Waals surface area (Å²) in [5, 5.41) is 3.38. The maximum absolute atomic E-state index is 13.6. The Morgan fingerprint density at radius 2 is 1.74 bits per heavy atom. The van der Waals surface area contributed by atoms with Crippen molar-refractivity contribution in [1.29, 1.82) is 0 Å². The van der Waals surface area contributed by atoms with E-state index >= 15 is 0 Å². The molecule has 2 aromatic rings. The van der Waals surface area contributed by atoms with Crippen LogP contribution in [0.3, 0.4) is 0 Å². The Kier molecular flexibility index (Phi) is 9.94. The van der Waals surface area contributed by atoms with Crippen LogP contribution in [-0.4, -0.2) is 50.5 Å². The summed E-state index contributed by atoms with van der Waals surface area (Å²) in [4.78, 5) is 28.1. The van der Waals surface area contributed by atoms with E-state index in [9.17, 15) is 18.0 Å². The van der Waals surface area contributed by atoms with E-state index in [4.69, 9.17) is 11.6 Å². The van der Waals surface area contributed by atoms with Crippen LogP contribution in [0.4, 0.5) is 5.69 Å². The van der Waals surface area contributed by atoms with Crippen LogP contribution in [0.1, 0.15) is 38.3 Å². The number of halogens is 1. The van der Waals surface area contributed by atoms with Gasteiger partial charge in [0.2, 0.25) is 21.8 Å². The van der Waals surface area contributed by atoms with Crippen LogP contribution in [0, 0.1) is 12.8 Å². The third-order valence-electron chi connectivity index (χ3n) is 5.37. The highest BCUT2D eigenvalue weighted by Crippen LogP contribution is 2.26. The highest BCUT2D eigenvalue weighted by Gasteiger charge is 2.32. The molecule has 0 unspecified atom stereocenters. The molecule has 0 saturated heterocycles. The molecule has 2 aromatic carbocycles. The Bertz CT molecular complexity index is 1090. The van der Waals surface area contributed by atoms with E-state index < -0.39 is 28.5 Å². The average Bonchev–Trinajstić information content (AvgIpc) is 2.76. The molecule has 2 amide bonds. The molecular weight excluding hydrogens is 474 g/mol. The Balaban J connectivity index is 2.42. The number of anilines is 1. The zero-order chi connectivity index (χ0) is 25.5. The molecule has 0 spiro atoms. The van der Waals surface area contributed by atoms with Gasteiger partial charge in [-0.25, -0.2) is 8.42 Å². The van der Waals surface area contributed by atoms with Crippen LogP contribution >= 0.6 is 11.6 Å². The second-order valence-corrected chi connectivity index (χ2v) is 11.1. The van der Waals surface area contributed by atoms with Crippen molar-refractivity contribution in [3.63, 3.8) is 0 Å². The SMILES string of the molecule is CC[C@@H](C(=O)NCC(C)C)N(Cc1ccccc1)C(=O)CN(c1ccc(Cl)cc1C)S(C)(=O)=O. The molecule has 0 aliphatic heterocycles. The van der Waals surface area contributed by atoms with Crippen molar-refractivity contribution in [1.82, 2.24) is 10.2 Å². The highest BCUT2D eigenvalue weighted by atomic mass is 35.5. The number of hydrogen-bond acceptors (Lipinski definition) is 4. The van der Waals surface area contributed by atoms with Crippen LogP contribution in [0.2, 0.25) is 5.02 Å². The van der Waals surface area contributed by atoms with Gasteiger partial charge in [0.1, 0.15) is 12.6 Å². The van der Waals surface area contributed by atoms with E-state index in [2.05, 4.69) is 5.32 Å². The van der Waals surface area contributed by atoms with Crippen molar-refractivity contribution in [2.24, 2.45) is 5.92 Å². The first kappa shape index (κ1) is 27.7. The van der Waals surface area contributed by atoms with Crippen molar-refractivity contribution in [2.75, 3.05) is 23.7 Å². The first-order valence-corrected chi connectivity index (χ1v) is 13.5. The third kappa shape index (κ3) is 7.74.